The molecule has 0 fully saturated rings. The zero-order valence-electron chi connectivity index (χ0n) is 15.7. The van der Waals surface area contributed by atoms with E-state index in [9.17, 15) is 13.2 Å². The lowest BCUT2D eigenvalue weighted by Crippen LogP contribution is -2.08. The Morgan fingerprint density at radius 1 is 0.793 bits per heavy atom. The zero-order chi connectivity index (χ0) is 20.0. The lowest BCUT2D eigenvalue weighted by atomic mass is 9.86. The second-order valence-electron chi connectivity index (χ2n) is 7.54. The smallest absolute Gasteiger partial charge is 0.166 e. The van der Waals surface area contributed by atoms with Crippen LogP contribution in [0.15, 0.2) is 77.7 Å². The number of halogens is 3. The fourth-order valence-corrected chi connectivity index (χ4v) is 5.77. The number of rotatable bonds is 2. The molecule has 0 aliphatic heterocycles. The highest BCUT2D eigenvalue weighted by Gasteiger charge is 2.31. The SMILES string of the molecule is FC(F)(F)c1cccc(SC2CCCc3ccc4c(ccc5ccccc54)c32)c1. The number of hydrogen-bond donors (Lipinski definition) is 0. The Labute approximate surface area is 171 Å². The molecular formula is C25H19F3S. The van der Waals surface area contributed by atoms with E-state index in [4.69, 9.17) is 0 Å². The van der Waals surface area contributed by atoms with Crippen LogP contribution in [-0.2, 0) is 12.6 Å². The summed E-state index contributed by atoms with van der Waals surface area (Å²) in [5.41, 5.74) is 2.04. The van der Waals surface area contributed by atoms with E-state index >= 15 is 0 Å². The quantitative estimate of drug-likeness (QED) is 0.301. The Morgan fingerprint density at radius 2 is 1.62 bits per heavy atom. The highest BCUT2D eigenvalue weighted by atomic mass is 32.2. The first-order valence-electron chi connectivity index (χ1n) is 9.78. The van der Waals surface area contributed by atoms with Crippen molar-refractivity contribution in [2.45, 2.75) is 35.6 Å². The Hall–Kier alpha value is -2.46. The van der Waals surface area contributed by atoms with Gasteiger partial charge in [-0.2, -0.15) is 13.2 Å². The summed E-state index contributed by atoms with van der Waals surface area (Å²) < 4.78 is 39.4. The molecule has 0 saturated heterocycles. The Bertz CT molecular complexity index is 1210. The zero-order valence-corrected chi connectivity index (χ0v) is 16.5. The summed E-state index contributed by atoms with van der Waals surface area (Å²) in [6.07, 6.45) is -1.26. The van der Waals surface area contributed by atoms with E-state index in [0.717, 1.165) is 25.3 Å². The summed E-state index contributed by atoms with van der Waals surface area (Å²) in [5, 5.41) is 5.04. The number of benzene rings is 4. The largest absolute Gasteiger partial charge is 0.416 e. The molecule has 29 heavy (non-hydrogen) atoms. The molecule has 146 valence electrons. The fourth-order valence-electron chi connectivity index (χ4n) is 4.41. The molecule has 4 aromatic carbocycles. The van der Waals surface area contributed by atoms with Crippen molar-refractivity contribution in [2.24, 2.45) is 0 Å². The van der Waals surface area contributed by atoms with Crippen molar-refractivity contribution in [3.63, 3.8) is 0 Å². The molecule has 4 heteroatoms. The summed E-state index contributed by atoms with van der Waals surface area (Å²) in [6, 6.07) is 22.8. The van der Waals surface area contributed by atoms with Crippen LogP contribution in [0.2, 0.25) is 0 Å². The molecule has 0 saturated carbocycles. The van der Waals surface area contributed by atoms with Gasteiger partial charge in [0, 0.05) is 10.1 Å². The van der Waals surface area contributed by atoms with Crippen molar-refractivity contribution in [2.75, 3.05) is 0 Å². The van der Waals surface area contributed by atoms with Crippen LogP contribution in [0.3, 0.4) is 0 Å². The van der Waals surface area contributed by atoms with E-state index < -0.39 is 11.7 Å². The van der Waals surface area contributed by atoms with Gasteiger partial charge in [0.05, 0.1) is 5.56 Å². The van der Waals surface area contributed by atoms with E-state index in [1.807, 2.05) is 6.07 Å². The fraction of sp³-hybridized carbons (Fsp3) is 0.200. The van der Waals surface area contributed by atoms with Gasteiger partial charge in [0.15, 0.2) is 0 Å². The van der Waals surface area contributed by atoms with Gasteiger partial charge in [-0.3, -0.25) is 0 Å². The normalized spacial score (nSPS) is 16.9. The summed E-state index contributed by atoms with van der Waals surface area (Å²) in [6.45, 7) is 0. The number of thioether (sulfide) groups is 1. The number of hydrogen-bond acceptors (Lipinski definition) is 1. The molecule has 0 aromatic heterocycles. The van der Waals surface area contributed by atoms with Gasteiger partial charge in [-0.25, -0.2) is 0 Å². The van der Waals surface area contributed by atoms with Crippen LogP contribution in [0.5, 0.6) is 0 Å². The Balaban J connectivity index is 1.61. The summed E-state index contributed by atoms with van der Waals surface area (Å²) in [7, 11) is 0. The van der Waals surface area contributed by atoms with Crippen molar-refractivity contribution in [3.05, 3.63) is 89.5 Å². The number of alkyl halides is 3. The van der Waals surface area contributed by atoms with Crippen molar-refractivity contribution >= 4 is 33.3 Å². The monoisotopic (exact) mass is 408 g/mol. The van der Waals surface area contributed by atoms with Crippen molar-refractivity contribution in [3.8, 4) is 0 Å². The van der Waals surface area contributed by atoms with Crippen LogP contribution in [0, 0.1) is 0 Å². The second kappa shape index (κ2) is 7.10. The van der Waals surface area contributed by atoms with E-state index in [0.29, 0.717) is 4.90 Å². The lowest BCUT2D eigenvalue weighted by Gasteiger charge is -2.27. The minimum atomic E-state index is -4.31. The molecule has 0 spiro atoms. The van der Waals surface area contributed by atoms with Crippen LogP contribution in [-0.4, -0.2) is 0 Å². The first kappa shape index (κ1) is 18.6. The van der Waals surface area contributed by atoms with Gasteiger partial charge in [0.1, 0.15) is 0 Å². The second-order valence-corrected chi connectivity index (χ2v) is 8.82. The summed E-state index contributed by atoms with van der Waals surface area (Å²) in [4.78, 5) is 0.676. The highest BCUT2D eigenvalue weighted by Crippen LogP contribution is 2.47. The third-order valence-corrected chi connectivity index (χ3v) is 7.01. The Morgan fingerprint density at radius 3 is 2.48 bits per heavy atom. The molecule has 1 unspecified atom stereocenters. The number of aryl methyl sites for hydroxylation is 1. The average molecular weight is 408 g/mol. The topological polar surface area (TPSA) is 0 Å². The van der Waals surface area contributed by atoms with Crippen LogP contribution < -0.4 is 0 Å². The molecule has 1 atom stereocenters. The molecule has 0 radical (unpaired) electrons. The number of fused-ring (bicyclic) bond motifs is 5. The van der Waals surface area contributed by atoms with Crippen LogP contribution >= 0.6 is 11.8 Å². The minimum Gasteiger partial charge on any atom is -0.166 e. The molecule has 0 heterocycles. The lowest BCUT2D eigenvalue weighted by molar-refractivity contribution is -0.137. The van der Waals surface area contributed by atoms with Gasteiger partial charge < -0.3 is 0 Å². The highest BCUT2D eigenvalue weighted by molar-refractivity contribution is 7.99. The third-order valence-electron chi connectivity index (χ3n) is 5.73. The van der Waals surface area contributed by atoms with Crippen molar-refractivity contribution < 1.29 is 13.2 Å². The third kappa shape index (κ3) is 3.40. The molecule has 0 nitrogen and oxygen atoms in total. The van der Waals surface area contributed by atoms with E-state index in [2.05, 4.69) is 42.5 Å². The van der Waals surface area contributed by atoms with Crippen molar-refractivity contribution in [1.82, 2.24) is 0 Å². The molecule has 0 amide bonds. The molecule has 4 aromatic rings. The maximum Gasteiger partial charge on any atom is 0.416 e. The van der Waals surface area contributed by atoms with Gasteiger partial charge >= 0.3 is 6.18 Å². The maximum absolute atomic E-state index is 13.1. The first-order valence-corrected chi connectivity index (χ1v) is 10.7. The molecular weight excluding hydrogens is 389 g/mol. The molecule has 5 rings (SSSR count). The van der Waals surface area contributed by atoms with Gasteiger partial charge in [-0.1, -0.05) is 54.6 Å². The van der Waals surface area contributed by atoms with Crippen LogP contribution in [0.25, 0.3) is 21.5 Å². The molecule has 0 bridgehead atoms. The van der Waals surface area contributed by atoms with Gasteiger partial charge in [0.25, 0.3) is 0 Å². The minimum absolute atomic E-state index is 0.159. The van der Waals surface area contributed by atoms with Gasteiger partial charge in [-0.05, 0) is 70.1 Å². The van der Waals surface area contributed by atoms with Crippen molar-refractivity contribution in [1.29, 1.82) is 0 Å². The predicted octanol–water partition coefficient (Wildman–Crippen LogP) is 8.18. The first-order chi connectivity index (χ1) is 14.0. The molecule has 0 N–H and O–H groups in total. The van der Waals surface area contributed by atoms with E-state index in [-0.39, 0.29) is 5.25 Å². The predicted molar refractivity (Wildman–Crippen MR) is 114 cm³/mol. The Kier molecular flexibility index (Phi) is 4.54. The molecule has 1 aliphatic rings. The maximum atomic E-state index is 13.1. The summed E-state index contributed by atoms with van der Waals surface area (Å²) >= 11 is 1.56. The van der Waals surface area contributed by atoms with Crippen LogP contribution in [0.4, 0.5) is 13.2 Å². The standard InChI is InChI=1S/C25H19F3S/c26-25(27,28)18-7-4-8-19(15-18)29-23-10-3-6-17-12-13-21-20-9-2-1-5-16(20)11-14-22(21)24(17)23/h1-2,4-5,7-9,11-15,23H,3,6,10H2. The van der Waals surface area contributed by atoms with E-state index in [1.165, 1.54) is 44.8 Å². The van der Waals surface area contributed by atoms with E-state index in [1.54, 1.807) is 17.8 Å². The summed E-state index contributed by atoms with van der Waals surface area (Å²) in [5.74, 6) is 0. The van der Waals surface area contributed by atoms with Gasteiger partial charge in [0.2, 0.25) is 0 Å². The van der Waals surface area contributed by atoms with Gasteiger partial charge in [-0.15, -0.1) is 11.8 Å². The average Bonchev–Trinajstić information content (AvgIpc) is 2.73. The molecule has 1 aliphatic carbocycles. The van der Waals surface area contributed by atoms with Crippen LogP contribution in [0.1, 0.15) is 34.8 Å².